The Morgan fingerprint density at radius 1 is 0.765 bits per heavy atom. The van der Waals surface area contributed by atoms with Crippen LogP contribution in [0.5, 0.6) is 0 Å². The van der Waals surface area contributed by atoms with Crippen LogP contribution in [-0.4, -0.2) is 202 Å². The van der Waals surface area contributed by atoms with Gasteiger partial charge in [-0.3, -0.25) is 14.4 Å². The van der Waals surface area contributed by atoms with Gasteiger partial charge in [-0.25, -0.2) is 0 Å². The zero-order valence-corrected chi connectivity index (χ0v) is 28.0. The van der Waals surface area contributed by atoms with Crippen LogP contribution in [0.4, 0.5) is 0 Å². The lowest BCUT2D eigenvalue weighted by molar-refractivity contribution is -0.451. The molecule has 3 aliphatic heterocycles. The van der Waals surface area contributed by atoms with Gasteiger partial charge in [0.15, 0.2) is 0 Å². The van der Waals surface area contributed by atoms with Gasteiger partial charge in [-0.2, -0.15) is 0 Å². The summed E-state index contributed by atoms with van der Waals surface area (Å²) >= 11 is 0. The van der Waals surface area contributed by atoms with Gasteiger partial charge >= 0.3 is 0 Å². The summed E-state index contributed by atoms with van der Waals surface area (Å²) in [5.74, 6) is -7.98. The summed E-state index contributed by atoms with van der Waals surface area (Å²) in [5.41, 5.74) is 0. The first-order chi connectivity index (χ1) is 23.7. The van der Waals surface area contributed by atoms with Crippen molar-refractivity contribution < 1.29 is 99.3 Å². The number of ether oxygens (including phenoxy) is 5. The highest BCUT2D eigenvalue weighted by Crippen LogP contribution is 2.38. The van der Waals surface area contributed by atoms with Crippen molar-refractivity contribution in [3.8, 4) is 0 Å². The number of ketones is 1. The number of nitrogens with one attached hydrogen (secondary N) is 2. The fourth-order valence-electron chi connectivity index (χ4n) is 6.39. The Morgan fingerprint density at radius 2 is 1.25 bits per heavy atom. The second kappa shape index (κ2) is 17.8. The second-order valence-electron chi connectivity index (χ2n) is 13.0. The largest absolute Gasteiger partial charge is 0.394 e. The average Bonchev–Trinajstić information content (AvgIpc) is 3.04. The number of rotatable bonds is 15. The average molecular weight is 747 g/mol. The van der Waals surface area contributed by atoms with Gasteiger partial charge in [-0.15, -0.1) is 0 Å². The van der Waals surface area contributed by atoms with Gasteiger partial charge in [-0.1, -0.05) is 0 Å². The van der Waals surface area contributed by atoms with Crippen molar-refractivity contribution in [2.45, 2.75) is 143 Å². The summed E-state index contributed by atoms with van der Waals surface area (Å²) in [4.78, 5) is 35.6. The van der Waals surface area contributed by atoms with Crippen LogP contribution in [0.1, 0.15) is 40.0 Å². The minimum Gasteiger partial charge on any atom is -0.394 e. The second-order valence-corrected chi connectivity index (χ2v) is 13.0. The van der Waals surface area contributed by atoms with Crippen LogP contribution in [0, 0.1) is 0 Å². The summed E-state index contributed by atoms with van der Waals surface area (Å²) in [6, 6.07) is -3.09. The lowest BCUT2D eigenvalue weighted by Gasteiger charge is -2.50. The van der Waals surface area contributed by atoms with E-state index in [1.54, 1.807) is 0 Å². The molecule has 4 unspecified atom stereocenters. The molecule has 22 nitrogen and oxygen atoms in total. The molecular weight excluding hydrogens is 696 g/mol. The van der Waals surface area contributed by atoms with E-state index in [1.165, 1.54) is 6.92 Å². The minimum absolute atomic E-state index is 0.393. The number of aliphatic hydroxyl groups is 12. The number of Topliss-reactive ketones (excluding diaryl/α,β-unsaturated/α-hetero) is 1. The predicted octanol–water partition coefficient (Wildman–Crippen LogP) is -8.11. The van der Waals surface area contributed by atoms with E-state index in [2.05, 4.69) is 10.6 Å². The minimum atomic E-state index is -3.02. The fourth-order valence-corrected chi connectivity index (χ4v) is 6.39. The first-order valence-electron chi connectivity index (χ1n) is 16.1. The van der Waals surface area contributed by atoms with Crippen LogP contribution >= 0.6 is 0 Å². The van der Waals surface area contributed by atoms with Gasteiger partial charge in [0.25, 0.3) is 11.9 Å². The highest BCUT2D eigenvalue weighted by molar-refractivity contribution is 5.76. The van der Waals surface area contributed by atoms with E-state index in [0.29, 0.717) is 0 Å². The lowest BCUT2D eigenvalue weighted by Crippen LogP contribution is -2.70. The molecule has 17 atom stereocenters. The number of carbonyl (C=O) groups excluding carboxylic acids is 3. The van der Waals surface area contributed by atoms with Gasteiger partial charge in [-0.05, 0) is 6.92 Å². The van der Waals surface area contributed by atoms with Gasteiger partial charge in [0.1, 0.15) is 66.8 Å². The van der Waals surface area contributed by atoms with E-state index in [1.807, 2.05) is 0 Å². The monoisotopic (exact) mass is 746 g/mol. The molecule has 0 aromatic rings. The van der Waals surface area contributed by atoms with Gasteiger partial charge in [0.2, 0.25) is 11.8 Å². The van der Waals surface area contributed by atoms with E-state index in [-0.39, 0.29) is 0 Å². The maximum absolute atomic E-state index is 12.1. The van der Waals surface area contributed by atoms with E-state index >= 15 is 0 Å². The molecule has 296 valence electrons. The maximum atomic E-state index is 12.1. The molecule has 3 aliphatic rings. The molecule has 0 bridgehead atoms. The third kappa shape index (κ3) is 10.5. The number of aliphatic hydroxyl groups excluding tert-OH is 10. The Bertz CT molecular complexity index is 1180. The maximum Gasteiger partial charge on any atom is 0.283 e. The van der Waals surface area contributed by atoms with Crippen molar-refractivity contribution >= 4 is 17.6 Å². The summed E-state index contributed by atoms with van der Waals surface area (Å²) < 4.78 is 27.4. The normalized spacial score (nSPS) is 41.2. The third-order valence-corrected chi connectivity index (χ3v) is 8.78. The summed E-state index contributed by atoms with van der Waals surface area (Å²) in [6.45, 7) is 0.247. The molecule has 0 aliphatic carbocycles. The lowest BCUT2D eigenvalue weighted by atomic mass is 9.89. The van der Waals surface area contributed by atoms with Crippen molar-refractivity contribution in [1.29, 1.82) is 0 Å². The van der Waals surface area contributed by atoms with Crippen molar-refractivity contribution in [1.82, 2.24) is 10.6 Å². The van der Waals surface area contributed by atoms with Crippen LogP contribution in [0.25, 0.3) is 0 Å². The number of amides is 2. The molecule has 2 amide bonds. The van der Waals surface area contributed by atoms with Crippen LogP contribution in [0.2, 0.25) is 0 Å². The quantitative estimate of drug-likeness (QED) is 0.0692. The molecule has 0 spiro atoms. The Hall–Kier alpha value is -2.07. The zero-order valence-electron chi connectivity index (χ0n) is 28.0. The van der Waals surface area contributed by atoms with Crippen molar-refractivity contribution in [2.24, 2.45) is 0 Å². The van der Waals surface area contributed by atoms with Crippen LogP contribution in [-0.2, 0) is 38.1 Å². The molecular formula is C29H50N2O20. The first kappa shape index (κ1) is 43.3. The number of hydrogen-bond donors (Lipinski definition) is 14. The fraction of sp³-hybridized carbons (Fsp3) is 0.897. The molecule has 0 aromatic carbocycles. The Kier molecular flexibility index (Phi) is 15.2. The summed E-state index contributed by atoms with van der Waals surface area (Å²) in [7, 11) is 0. The van der Waals surface area contributed by atoms with E-state index in [9.17, 15) is 75.7 Å². The topological polar surface area (TPSA) is 364 Å². The molecule has 22 heteroatoms. The van der Waals surface area contributed by atoms with Crippen LogP contribution in [0.3, 0.4) is 0 Å². The van der Waals surface area contributed by atoms with Crippen LogP contribution in [0.15, 0.2) is 0 Å². The highest BCUT2D eigenvalue weighted by Gasteiger charge is 2.57. The molecule has 3 heterocycles. The highest BCUT2D eigenvalue weighted by atomic mass is 16.8. The van der Waals surface area contributed by atoms with Crippen molar-refractivity contribution in [3.63, 3.8) is 0 Å². The van der Waals surface area contributed by atoms with Gasteiger partial charge in [0.05, 0.1) is 63.1 Å². The molecule has 14 N–H and O–H groups in total. The molecule has 3 rings (SSSR count). The molecule has 3 fully saturated rings. The summed E-state index contributed by atoms with van der Waals surface area (Å²) in [6.07, 6.45) is -26.2. The third-order valence-electron chi connectivity index (χ3n) is 8.78. The van der Waals surface area contributed by atoms with Crippen LogP contribution < -0.4 is 10.6 Å². The van der Waals surface area contributed by atoms with Crippen molar-refractivity contribution in [2.75, 3.05) is 19.8 Å². The Morgan fingerprint density at radius 3 is 1.73 bits per heavy atom. The zero-order chi connectivity index (χ0) is 38.6. The summed E-state index contributed by atoms with van der Waals surface area (Å²) in [5, 5.41) is 132. The van der Waals surface area contributed by atoms with Crippen molar-refractivity contribution in [3.05, 3.63) is 0 Å². The first-order valence-corrected chi connectivity index (χ1v) is 16.1. The standard InChI is InChI=1S/C29H50N2O20/c1-10(35)4-16-22(42)27(23(43)17(8-33)47-16)51-29(46)6-14(39)20(31-12(3)37)26(50-29)24(44)18(9-34)48-28(45)5-13(38)19(30-11(2)36)25(49-28)21(41)15(40)7-32/h13-27,32-34,38-46H,4-9H2,1-3H3,(H,30,36)(H,31,37)/t13-,14-,15-,16+,17?,18-,19-,20-,21-,22?,23+,24-,25?,26?,27-,28-,29+/m1/s1. The molecule has 0 saturated carbocycles. The van der Waals surface area contributed by atoms with Gasteiger partial charge < -0.3 is 95.6 Å². The Balaban J connectivity index is 1.92. The van der Waals surface area contributed by atoms with Gasteiger partial charge in [0, 0.05) is 20.3 Å². The Labute approximate surface area is 291 Å². The van der Waals surface area contributed by atoms with E-state index in [4.69, 9.17) is 23.7 Å². The van der Waals surface area contributed by atoms with E-state index in [0.717, 1.165) is 13.8 Å². The smallest absolute Gasteiger partial charge is 0.283 e. The molecule has 3 saturated heterocycles. The molecule has 0 radical (unpaired) electrons. The van der Waals surface area contributed by atoms with E-state index < -0.39 is 160 Å². The molecule has 0 aromatic heterocycles. The predicted molar refractivity (Wildman–Crippen MR) is 161 cm³/mol. The SMILES string of the molecule is CC(=O)C[C@@H]1OC(CO)[C@H](O)[C@H](O[C@]2(O)C[C@@H](O)[C@@H](NC(C)=O)C([C@H](O)[C@@H](CO)O[C@]3(O)C[C@@H](O)[C@@H](NC(C)=O)C([C@H](O)[C@H](O)CO)O3)O2)C1O. The molecule has 51 heavy (non-hydrogen) atoms. The number of hydrogen-bond acceptors (Lipinski definition) is 20. The number of carbonyl (C=O) groups is 3.